The average molecular weight is 379 g/mol. The van der Waals surface area contributed by atoms with Crippen LogP contribution in [-0.4, -0.2) is 15.5 Å². The Morgan fingerprint density at radius 1 is 1.37 bits per heavy atom. The largest absolute Gasteiger partial charge is 0.350 e. The molecule has 0 saturated heterocycles. The van der Waals surface area contributed by atoms with Gasteiger partial charge in [-0.1, -0.05) is 11.6 Å². The molecule has 0 unspecified atom stereocenters. The first kappa shape index (κ1) is 17.3. The van der Waals surface area contributed by atoms with Gasteiger partial charge >= 0.3 is 0 Å². The average Bonchev–Trinajstić information content (AvgIpc) is 3.43. The summed E-state index contributed by atoms with van der Waals surface area (Å²) in [4.78, 5) is 28.1. The fourth-order valence-electron chi connectivity index (χ4n) is 3.11. The number of hydrogen-bond donors (Lipinski definition) is 1. The Labute approximate surface area is 160 Å². The highest BCUT2D eigenvalue weighted by molar-refractivity contribution is 6.36. The first-order valence-corrected chi connectivity index (χ1v) is 8.81. The number of pyridine rings is 2. The number of benzene rings is 1. The van der Waals surface area contributed by atoms with Gasteiger partial charge in [-0.3, -0.25) is 9.59 Å². The quantitative estimate of drug-likeness (QED) is 0.757. The molecule has 0 aliphatic heterocycles. The van der Waals surface area contributed by atoms with Crippen LogP contribution < -0.4 is 10.7 Å². The van der Waals surface area contributed by atoms with E-state index >= 15 is 0 Å². The van der Waals surface area contributed by atoms with Crippen molar-refractivity contribution in [2.45, 2.75) is 6.42 Å². The van der Waals surface area contributed by atoms with Crippen LogP contribution in [0.3, 0.4) is 0 Å². The number of nitriles is 1. The second-order valence-electron chi connectivity index (χ2n) is 6.67. The predicted molar refractivity (Wildman–Crippen MR) is 103 cm³/mol. The molecule has 1 aromatic carbocycles. The number of nitrogens with zero attached hydrogens (tertiary/aromatic N) is 3. The highest BCUT2D eigenvalue weighted by Gasteiger charge is 2.43. The van der Waals surface area contributed by atoms with Gasteiger partial charge in [0, 0.05) is 42.5 Å². The maximum atomic E-state index is 12.2. The van der Waals surface area contributed by atoms with Gasteiger partial charge in [0.1, 0.15) is 5.82 Å². The van der Waals surface area contributed by atoms with Gasteiger partial charge in [0.15, 0.2) is 5.43 Å². The molecular weight excluding hydrogens is 364 g/mol. The third kappa shape index (κ3) is 3.29. The number of nitrogens with one attached hydrogen (secondary N) is 1. The van der Waals surface area contributed by atoms with Crippen LogP contribution in [0.2, 0.25) is 5.02 Å². The van der Waals surface area contributed by atoms with Gasteiger partial charge in [0.2, 0.25) is 5.91 Å². The molecule has 0 spiro atoms. The standard InChI is InChI=1S/C20H15ClN4O2/c1-25-3-2-14(26)8-18(25)12-4-11-7-19(23-10-16(11)17(21)6-12)24-20(27)15-5-13(15)9-22/h2-4,6-8,10,13,15H,5H2,1H3,(H,23,24,27)/t13-,15+/m1/s1. The smallest absolute Gasteiger partial charge is 0.230 e. The van der Waals surface area contributed by atoms with Gasteiger partial charge in [-0.15, -0.1) is 0 Å². The third-order valence-corrected chi connectivity index (χ3v) is 5.06. The zero-order chi connectivity index (χ0) is 19.1. The molecule has 2 aromatic heterocycles. The number of halogens is 1. The van der Waals surface area contributed by atoms with Crippen LogP contribution in [0.25, 0.3) is 22.0 Å². The van der Waals surface area contributed by atoms with E-state index in [9.17, 15) is 9.59 Å². The lowest BCUT2D eigenvalue weighted by atomic mass is 10.1. The number of anilines is 1. The van der Waals surface area contributed by atoms with Crippen LogP contribution in [0.15, 0.2) is 47.5 Å². The van der Waals surface area contributed by atoms with Crippen molar-refractivity contribution in [3.63, 3.8) is 0 Å². The number of hydrogen-bond acceptors (Lipinski definition) is 4. The van der Waals surface area contributed by atoms with E-state index < -0.39 is 0 Å². The van der Waals surface area contributed by atoms with Crippen LogP contribution in [-0.2, 0) is 11.8 Å². The van der Waals surface area contributed by atoms with Crippen LogP contribution in [0.4, 0.5) is 5.82 Å². The van der Waals surface area contributed by atoms with Gasteiger partial charge in [-0.25, -0.2) is 4.98 Å². The lowest BCUT2D eigenvalue weighted by molar-refractivity contribution is -0.117. The molecule has 134 valence electrons. The zero-order valence-electron chi connectivity index (χ0n) is 14.4. The molecular formula is C20H15ClN4O2. The van der Waals surface area contributed by atoms with Crippen molar-refractivity contribution >= 4 is 34.1 Å². The second kappa shape index (κ2) is 6.53. The Kier molecular flexibility index (Phi) is 4.17. The van der Waals surface area contributed by atoms with Crippen LogP contribution in [0.5, 0.6) is 0 Å². The summed E-state index contributed by atoms with van der Waals surface area (Å²) in [6.45, 7) is 0. The molecule has 1 fully saturated rings. The SMILES string of the molecule is Cn1ccc(=O)cc1-c1cc(Cl)c2cnc(NC(=O)[C@H]3C[C@@H]3C#N)cc2c1. The molecule has 1 aliphatic rings. The molecule has 6 nitrogen and oxygen atoms in total. The van der Waals surface area contributed by atoms with E-state index in [2.05, 4.69) is 16.4 Å². The minimum atomic E-state index is -0.263. The highest BCUT2D eigenvalue weighted by atomic mass is 35.5. The number of fused-ring (bicyclic) bond motifs is 1. The minimum Gasteiger partial charge on any atom is -0.350 e. The Morgan fingerprint density at radius 3 is 2.93 bits per heavy atom. The Hall–Kier alpha value is -3.17. The molecule has 1 amide bonds. The number of rotatable bonds is 3. The molecule has 4 rings (SSSR count). The van der Waals surface area contributed by atoms with E-state index in [1.807, 2.05) is 17.7 Å². The third-order valence-electron chi connectivity index (χ3n) is 4.75. The van der Waals surface area contributed by atoms with E-state index in [-0.39, 0.29) is 23.2 Å². The van der Waals surface area contributed by atoms with Crippen molar-refractivity contribution in [1.82, 2.24) is 9.55 Å². The molecule has 2 heterocycles. The van der Waals surface area contributed by atoms with Crippen molar-refractivity contribution < 1.29 is 4.79 Å². The van der Waals surface area contributed by atoms with Crippen molar-refractivity contribution in [2.75, 3.05) is 5.32 Å². The monoisotopic (exact) mass is 378 g/mol. The molecule has 0 radical (unpaired) electrons. The van der Waals surface area contributed by atoms with E-state index in [0.29, 0.717) is 17.3 Å². The van der Waals surface area contributed by atoms with Gasteiger partial charge in [0.25, 0.3) is 0 Å². The maximum Gasteiger partial charge on any atom is 0.230 e. The normalized spacial score (nSPS) is 18.1. The summed E-state index contributed by atoms with van der Waals surface area (Å²) in [5.41, 5.74) is 1.45. The summed E-state index contributed by atoms with van der Waals surface area (Å²) >= 11 is 6.41. The molecule has 1 N–H and O–H groups in total. The first-order chi connectivity index (χ1) is 13.0. The zero-order valence-corrected chi connectivity index (χ0v) is 15.2. The van der Waals surface area contributed by atoms with Gasteiger partial charge in [0.05, 0.1) is 28.6 Å². The molecule has 1 aliphatic carbocycles. The summed E-state index contributed by atoms with van der Waals surface area (Å²) in [6, 6.07) is 10.6. The molecule has 1 saturated carbocycles. The molecule has 3 aromatic rings. The summed E-state index contributed by atoms with van der Waals surface area (Å²) in [6.07, 6.45) is 3.90. The predicted octanol–water partition coefficient (Wildman–Crippen LogP) is 3.35. The number of amides is 1. The summed E-state index contributed by atoms with van der Waals surface area (Å²) < 4.78 is 1.85. The Balaban J connectivity index is 1.72. The fraction of sp³-hybridized carbons (Fsp3) is 0.200. The van der Waals surface area contributed by atoms with Crippen molar-refractivity contribution in [1.29, 1.82) is 5.26 Å². The van der Waals surface area contributed by atoms with E-state index in [1.54, 1.807) is 30.6 Å². The first-order valence-electron chi connectivity index (χ1n) is 8.43. The fourth-order valence-corrected chi connectivity index (χ4v) is 3.39. The van der Waals surface area contributed by atoms with Gasteiger partial charge < -0.3 is 9.88 Å². The topological polar surface area (TPSA) is 87.8 Å². The Bertz CT molecular complexity index is 1180. The summed E-state index contributed by atoms with van der Waals surface area (Å²) in [5.74, 6) is -0.250. The summed E-state index contributed by atoms with van der Waals surface area (Å²) in [5, 5.41) is 13.7. The van der Waals surface area contributed by atoms with Gasteiger partial charge in [-0.05, 0) is 30.0 Å². The highest BCUT2D eigenvalue weighted by Crippen LogP contribution is 2.38. The lowest BCUT2D eigenvalue weighted by Gasteiger charge is -2.11. The van der Waals surface area contributed by atoms with Crippen LogP contribution >= 0.6 is 11.6 Å². The Morgan fingerprint density at radius 2 is 2.19 bits per heavy atom. The minimum absolute atomic E-state index is 0.0847. The number of aromatic nitrogens is 2. The molecule has 2 atom stereocenters. The number of aryl methyl sites for hydroxylation is 1. The summed E-state index contributed by atoms with van der Waals surface area (Å²) in [7, 11) is 1.85. The molecule has 7 heteroatoms. The van der Waals surface area contributed by atoms with Crippen molar-refractivity contribution in [3.8, 4) is 17.3 Å². The molecule has 0 bridgehead atoms. The van der Waals surface area contributed by atoms with Crippen LogP contribution in [0.1, 0.15) is 6.42 Å². The van der Waals surface area contributed by atoms with E-state index in [1.165, 1.54) is 6.07 Å². The number of carbonyl (C=O) groups excluding carboxylic acids is 1. The van der Waals surface area contributed by atoms with Gasteiger partial charge in [-0.2, -0.15) is 5.26 Å². The van der Waals surface area contributed by atoms with Crippen LogP contribution in [0, 0.1) is 23.2 Å². The molecule has 27 heavy (non-hydrogen) atoms. The lowest BCUT2D eigenvalue weighted by Crippen LogP contribution is -2.15. The van der Waals surface area contributed by atoms with E-state index in [4.69, 9.17) is 16.9 Å². The van der Waals surface area contributed by atoms with Crippen molar-refractivity contribution in [2.24, 2.45) is 18.9 Å². The van der Waals surface area contributed by atoms with E-state index in [0.717, 1.165) is 22.0 Å². The maximum absolute atomic E-state index is 12.2. The second-order valence-corrected chi connectivity index (χ2v) is 7.08. The number of carbonyl (C=O) groups is 1. The van der Waals surface area contributed by atoms with Crippen molar-refractivity contribution in [3.05, 3.63) is 58.0 Å².